The highest BCUT2D eigenvalue weighted by Gasteiger charge is 2.53. The highest BCUT2D eigenvalue weighted by molar-refractivity contribution is 6.04. The first-order chi connectivity index (χ1) is 42.2. The standard InChI is InChI=1S/C66H97N9O14/c1-15-52-56(78)55(77)43(7)73(13)36-38(2)33-65(9,82)60(41(5)57(42(6)62(81)86-52)88-54-34-66(10,83-14)59(79)44(8)85-54)89-63-58(51(72(11)12)31-40(4)84-63)87-53(76)37-74-27-29-75(30-28-74)48-22-19-45(20-23-48)61(80)69-47-21-18-39(3)50(32-47)71-64-68-26-24-49(70-64)46-17-16-25-67-35-46/h16-26,32,35,38,40-44,51-52,54-60,63,77-79,82H,15,27-31,33-34,36-37H2,1-14H3,(H,69,80)(H,68,70,71)/t38-,40-,41+,42-,43-,44+,51+,52-,54+,55-,56-,57+,58-,59+,60-,63+,65-,66-/m1/s1. The van der Waals surface area contributed by atoms with E-state index in [-0.39, 0.29) is 49.8 Å². The van der Waals surface area contributed by atoms with Crippen molar-refractivity contribution in [2.45, 2.75) is 186 Å². The van der Waals surface area contributed by atoms with Crippen molar-refractivity contribution >= 4 is 40.9 Å². The molecule has 0 unspecified atom stereocenters. The largest absolute Gasteiger partial charge is 0.459 e. The average Bonchev–Trinajstić information content (AvgIpc) is 1.60. The Bertz CT molecular complexity index is 2960. The molecular weight excluding hydrogens is 1140 g/mol. The van der Waals surface area contributed by atoms with Crippen molar-refractivity contribution < 1.29 is 68.0 Å². The molecule has 23 heteroatoms. The summed E-state index contributed by atoms with van der Waals surface area (Å²) in [6.07, 6.45) is -5.26. The summed E-state index contributed by atoms with van der Waals surface area (Å²) < 4.78 is 45.4. The average molecular weight is 1240 g/mol. The van der Waals surface area contributed by atoms with Gasteiger partial charge in [-0.05, 0) is 155 Å². The van der Waals surface area contributed by atoms with Crippen LogP contribution in [0.15, 0.2) is 79.3 Å². The Morgan fingerprint density at radius 1 is 0.888 bits per heavy atom. The van der Waals surface area contributed by atoms with Crippen LogP contribution in [0, 0.1) is 24.7 Å². The van der Waals surface area contributed by atoms with Crippen LogP contribution in [0.3, 0.4) is 0 Å². The molecule has 2 aromatic heterocycles. The lowest BCUT2D eigenvalue weighted by molar-refractivity contribution is -0.319. The van der Waals surface area contributed by atoms with Gasteiger partial charge in [-0.25, -0.2) is 9.97 Å². The van der Waals surface area contributed by atoms with Gasteiger partial charge in [0, 0.05) is 105 Å². The zero-order chi connectivity index (χ0) is 64.6. The molecule has 6 heterocycles. The molecule has 18 atom stereocenters. The molecule has 89 heavy (non-hydrogen) atoms. The number of nitrogens with zero attached hydrogens (tertiary/aromatic N) is 7. The molecule has 8 rings (SSSR count). The fourth-order valence-electron chi connectivity index (χ4n) is 13.1. The summed E-state index contributed by atoms with van der Waals surface area (Å²) in [6.45, 7) is 20.8. The van der Waals surface area contributed by atoms with E-state index in [9.17, 15) is 34.8 Å². The number of ether oxygens (including phenoxy) is 7. The predicted molar refractivity (Wildman–Crippen MR) is 336 cm³/mol. The van der Waals surface area contributed by atoms with Crippen molar-refractivity contribution in [3.05, 3.63) is 90.4 Å². The number of carbonyl (C=O) groups is 3. The minimum absolute atomic E-state index is 0.0134. The first kappa shape index (κ1) is 69.1. The number of methoxy groups -OCH3 is 1. The molecule has 4 aliphatic rings. The molecule has 490 valence electrons. The van der Waals surface area contributed by atoms with Crippen LogP contribution in [-0.4, -0.2) is 226 Å². The number of aliphatic hydroxyl groups excluding tert-OH is 3. The number of benzene rings is 2. The molecule has 4 saturated heterocycles. The number of esters is 2. The Morgan fingerprint density at radius 3 is 2.27 bits per heavy atom. The number of pyridine rings is 1. The van der Waals surface area contributed by atoms with Crippen LogP contribution in [0.25, 0.3) is 11.3 Å². The number of amides is 1. The fraction of sp³-hybridized carbons (Fsp3) is 0.636. The number of aromatic nitrogens is 3. The summed E-state index contributed by atoms with van der Waals surface area (Å²) >= 11 is 0. The number of rotatable bonds is 16. The zero-order valence-corrected chi connectivity index (χ0v) is 54.3. The van der Waals surface area contributed by atoms with Crippen LogP contribution < -0.4 is 15.5 Å². The summed E-state index contributed by atoms with van der Waals surface area (Å²) in [6, 6.07) is 17.7. The highest BCUT2D eigenvalue weighted by atomic mass is 16.7. The SMILES string of the molecule is CC[C@H]1OC(=O)[C@H](C)[C@@H](O[C@H]2C[C@@](C)(OC)[C@@H](O)[C@H](C)O2)[C@H](C)[C@@H](O[C@@H]2O[C@H](C)C[C@H](N(C)C)[C@H]2OC(=O)CN2CCN(c3ccc(C(=O)Nc4ccc(C)c(Nc5nccc(-c6cccnc6)n5)c4)cc3)CC2)[C@](C)(O)C[C@@H](C)CN(C)[C@H](C)[C@@H](O)[C@@H]1O. The number of cyclic esters (lactones) is 1. The van der Waals surface area contributed by atoms with E-state index in [1.165, 1.54) is 7.11 Å². The van der Waals surface area contributed by atoms with E-state index in [1.807, 2.05) is 112 Å². The summed E-state index contributed by atoms with van der Waals surface area (Å²) in [7, 11) is 7.15. The maximum absolute atomic E-state index is 14.6. The number of aliphatic hydroxyl groups is 4. The van der Waals surface area contributed by atoms with E-state index < -0.39 is 102 Å². The molecule has 0 bridgehead atoms. The molecule has 0 spiro atoms. The molecule has 4 fully saturated rings. The first-order valence-electron chi connectivity index (χ1n) is 31.4. The maximum atomic E-state index is 14.6. The molecule has 0 aliphatic carbocycles. The highest BCUT2D eigenvalue weighted by Crippen LogP contribution is 2.41. The van der Waals surface area contributed by atoms with Gasteiger partial charge >= 0.3 is 11.9 Å². The molecule has 4 aliphatic heterocycles. The first-order valence-corrected chi connectivity index (χ1v) is 31.4. The van der Waals surface area contributed by atoms with E-state index in [1.54, 1.807) is 72.3 Å². The van der Waals surface area contributed by atoms with Gasteiger partial charge in [0.15, 0.2) is 18.7 Å². The molecule has 6 N–H and O–H groups in total. The van der Waals surface area contributed by atoms with Gasteiger partial charge in [-0.1, -0.05) is 26.8 Å². The van der Waals surface area contributed by atoms with Gasteiger partial charge in [0.2, 0.25) is 5.95 Å². The van der Waals surface area contributed by atoms with Crippen molar-refractivity contribution in [3.63, 3.8) is 0 Å². The van der Waals surface area contributed by atoms with E-state index in [4.69, 9.17) is 33.2 Å². The van der Waals surface area contributed by atoms with Gasteiger partial charge in [-0.3, -0.25) is 24.3 Å². The number of carbonyl (C=O) groups excluding carboxylic acids is 3. The fourth-order valence-corrected chi connectivity index (χ4v) is 13.1. The second-order valence-electron chi connectivity index (χ2n) is 25.9. The number of hydrogen-bond donors (Lipinski definition) is 6. The lowest BCUT2D eigenvalue weighted by atomic mass is 9.77. The van der Waals surface area contributed by atoms with Crippen molar-refractivity contribution in [2.24, 2.45) is 17.8 Å². The van der Waals surface area contributed by atoms with Crippen LogP contribution in [0.4, 0.5) is 23.0 Å². The summed E-state index contributed by atoms with van der Waals surface area (Å²) in [4.78, 5) is 63.9. The molecule has 0 saturated carbocycles. The van der Waals surface area contributed by atoms with Gasteiger partial charge in [-0.2, -0.15) is 0 Å². The normalized spacial score (nSPS) is 34.0. The summed E-state index contributed by atoms with van der Waals surface area (Å²) in [5, 5.41) is 53.6. The minimum atomic E-state index is -1.67. The Kier molecular flexibility index (Phi) is 23.4. The summed E-state index contributed by atoms with van der Waals surface area (Å²) in [5.41, 5.74) is 2.54. The van der Waals surface area contributed by atoms with E-state index in [2.05, 4.69) is 30.5 Å². The third kappa shape index (κ3) is 17.0. The Labute approximate surface area is 524 Å². The second-order valence-corrected chi connectivity index (χ2v) is 25.9. The second kappa shape index (κ2) is 30.1. The Morgan fingerprint density at radius 2 is 1.61 bits per heavy atom. The van der Waals surface area contributed by atoms with Crippen molar-refractivity contribution in [3.8, 4) is 11.3 Å². The van der Waals surface area contributed by atoms with E-state index in [0.717, 1.165) is 28.2 Å². The molecule has 2 aromatic carbocycles. The molecule has 4 aromatic rings. The van der Waals surface area contributed by atoms with Gasteiger partial charge < -0.3 is 78.9 Å². The van der Waals surface area contributed by atoms with Gasteiger partial charge in [0.1, 0.15) is 18.3 Å². The molecule has 23 nitrogen and oxygen atoms in total. The topological polar surface area (TPSA) is 272 Å². The predicted octanol–water partition coefficient (Wildman–Crippen LogP) is 6.04. The van der Waals surface area contributed by atoms with Gasteiger partial charge in [0.25, 0.3) is 5.91 Å². The number of likely N-dealkylation sites (N-methyl/N-ethyl adjacent to an activating group) is 2. The smallest absolute Gasteiger partial charge is 0.320 e. The lowest BCUT2D eigenvalue weighted by Crippen LogP contribution is -2.61. The number of hydrogen-bond acceptors (Lipinski definition) is 22. The zero-order valence-electron chi connectivity index (χ0n) is 54.3. The molecule has 0 radical (unpaired) electrons. The molecule has 1 amide bonds. The maximum Gasteiger partial charge on any atom is 0.320 e. The number of anilines is 4. The van der Waals surface area contributed by atoms with Crippen LogP contribution in [0.1, 0.15) is 104 Å². The number of nitrogens with one attached hydrogen (secondary N) is 2. The Balaban J connectivity index is 0.958. The number of aryl methyl sites for hydroxylation is 1. The van der Waals surface area contributed by atoms with Crippen molar-refractivity contribution in [1.29, 1.82) is 0 Å². The van der Waals surface area contributed by atoms with Crippen molar-refractivity contribution in [1.82, 2.24) is 29.7 Å². The third-order valence-corrected chi connectivity index (χ3v) is 18.6. The van der Waals surface area contributed by atoms with Crippen LogP contribution >= 0.6 is 0 Å². The van der Waals surface area contributed by atoms with Crippen LogP contribution in [0.2, 0.25) is 0 Å². The van der Waals surface area contributed by atoms with Gasteiger partial charge in [-0.15, -0.1) is 0 Å². The summed E-state index contributed by atoms with van der Waals surface area (Å²) in [5.74, 6) is -3.21. The molecular formula is C66H97N9O14. The monoisotopic (exact) mass is 1240 g/mol. The van der Waals surface area contributed by atoms with Crippen LogP contribution in [-0.2, 0) is 42.7 Å². The third-order valence-electron chi connectivity index (χ3n) is 18.6. The Hall–Kier alpha value is -5.80. The number of piperazine rings is 1. The van der Waals surface area contributed by atoms with Crippen molar-refractivity contribution in [2.75, 3.05) is 83.1 Å². The van der Waals surface area contributed by atoms with E-state index >= 15 is 0 Å². The van der Waals surface area contributed by atoms with Crippen LogP contribution in [0.5, 0.6) is 0 Å². The van der Waals surface area contributed by atoms with E-state index in [0.29, 0.717) is 56.3 Å². The van der Waals surface area contributed by atoms with Gasteiger partial charge in [0.05, 0.1) is 65.9 Å². The lowest BCUT2D eigenvalue weighted by Gasteiger charge is -2.49. The quantitative estimate of drug-likeness (QED) is 0.0698. The minimum Gasteiger partial charge on any atom is -0.459 e.